The van der Waals surface area contributed by atoms with Crippen molar-refractivity contribution in [2.45, 2.75) is 26.0 Å². The molecule has 0 N–H and O–H groups in total. The van der Waals surface area contributed by atoms with Crippen LogP contribution >= 0.6 is 0 Å². The first-order valence-electron chi connectivity index (χ1n) is 7.46. The SMILES string of the molecule is CCOCc1cn(C2CCN(C(=O)c3ccccn3)C2)nn1. The molecule has 0 saturated carbocycles. The molecule has 22 heavy (non-hydrogen) atoms. The van der Waals surface area contributed by atoms with Gasteiger partial charge >= 0.3 is 0 Å². The van der Waals surface area contributed by atoms with Gasteiger partial charge in [0.05, 0.1) is 18.8 Å². The van der Waals surface area contributed by atoms with E-state index in [-0.39, 0.29) is 11.9 Å². The van der Waals surface area contributed by atoms with Crippen LogP contribution in [0.25, 0.3) is 0 Å². The molecule has 0 radical (unpaired) electrons. The third kappa shape index (κ3) is 3.14. The van der Waals surface area contributed by atoms with E-state index < -0.39 is 0 Å². The van der Waals surface area contributed by atoms with Gasteiger partial charge in [-0.2, -0.15) is 0 Å². The van der Waals surface area contributed by atoms with Crippen molar-refractivity contribution in [1.29, 1.82) is 0 Å². The van der Waals surface area contributed by atoms with Crippen molar-refractivity contribution in [3.63, 3.8) is 0 Å². The smallest absolute Gasteiger partial charge is 0.272 e. The minimum Gasteiger partial charge on any atom is -0.375 e. The van der Waals surface area contributed by atoms with Crippen LogP contribution in [-0.2, 0) is 11.3 Å². The fourth-order valence-electron chi connectivity index (χ4n) is 2.56. The zero-order valence-electron chi connectivity index (χ0n) is 12.6. The zero-order valence-corrected chi connectivity index (χ0v) is 12.6. The lowest BCUT2D eigenvalue weighted by Crippen LogP contribution is -2.29. The number of ether oxygens (including phenoxy) is 1. The summed E-state index contributed by atoms with van der Waals surface area (Å²) < 4.78 is 7.16. The van der Waals surface area contributed by atoms with Gasteiger partial charge in [0.25, 0.3) is 5.91 Å². The number of hydrogen-bond acceptors (Lipinski definition) is 5. The van der Waals surface area contributed by atoms with Crippen molar-refractivity contribution >= 4 is 5.91 Å². The summed E-state index contributed by atoms with van der Waals surface area (Å²) >= 11 is 0. The van der Waals surface area contributed by atoms with Crippen LogP contribution < -0.4 is 0 Å². The average Bonchev–Trinajstić information content (AvgIpc) is 3.22. The number of amides is 1. The van der Waals surface area contributed by atoms with E-state index in [1.54, 1.807) is 18.3 Å². The van der Waals surface area contributed by atoms with E-state index in [1.165, 1.54) is 0 Å². The normalized spacial score (nSPS) is 17.9. The Hall–Kier alpha value is -2.28. The monoisotopic (exact) mass is 301 g/mol. The van der Waals surface area contributed by atoms with Gasteiger partial charge in [-0.1, -0.05) is 11.3 Å². The third-order valence-corrected chi connectivity index (χ3v) is 3.72. The highest BCUT2D eigenvalue weighted by Crippen LogP contribution is 2.22. The van der Waals surface area contributed by atoms with Crippen molar-refractivity contribution in [1.82, 2.24) is 24.9 Å². The number of aromatic nitrogens is 4. The van der Waals surface area contributed by atoms with Crippen LogP contribution in [0.15, 0.2) is 30.6 Å². The molecule has 116 valence electrons. The van der Waals surface area contributed by atoms with E-state index in [2.05, 4.69) is 15.3 Å². The molecule has 1 aliphatic heterocycles. The molecular weight excluding hydrogens is 282 g/mol. The molecule has 1 amide bonds. The third-order valence-electron chi connectivity index (χ3n) is 3.72. The van der Waals surface area contributed by atoms with Crippen LogP contribution in [0.5, 0.6) is 0 Å². The van der Waals surface area contributed by atoms with Crippen LogP contribution in [0.4, 0.5) is 0 Å². The average molecular weight is 301 g/mol. The number of carbonyl (C=O) groups is 1. The Labute approximate surface area is 128 Å². The Balaban J connectivity index is 1.62. The van der Waals surface area contributed by atoms with E-state index in [9.17, 15) is 4.79 Å². The van der Waals surface area contributed by atoms with Gasteiger partial charge in [-0.15, -0.1) is 5.10 Å². The van der Waals surface area contributed by atoms with Crippen LogP contribution in [-0.4, -0.2) is 50.5 Å². The second-order valence-corrected chi connectivity index (χ2v) is 5.24. The maximum atomic E-state index is 12.4. The summed E-state index contributed by atoms with van der Waals surface area (Å²) in [5, 5.41) is 8.25. The number of pyridine rings is 1. The van der Waals surface area contributed by atoms with E-state index in [4.69, 9.17) is 4.74 Å². The highest BCUT2D eigenvalue weighted by atomic mass is 16.5. The lowest BCUT2D eigenvalue weighted by molar-refractivity contribution is 0.0781. The Morgan fingerprint density at radius 1 is 1.45 bits per heavy atom. The molecule has 2 aromatic rings. The molecule has 0 aliphatic carbocycles. The molecule has 2 aromatic heterocycles. The number of carbonyl (C=O) groups excluding carboxylic acids is 1. The minimum atomic E-state index is -0.0299. The Morgan fingerprint density at radius 2 is 2.36 bits per heavy atom. The van der Waals surface area contributed by atoms with Crippen molar-refractivity contribution in [3.05, 3.63) is 42.0 Å². The Bertz CT molecular complexity index is 628. The summed E-state index contributed by atoms with van der Waals surface area (Å²) in [6.45, 7) is 4.42. The molecular formula is C15H19N5O2. The van der Waals surface area contributed by atoms with Gasteiger partial charge in [-0.3, -0.25) is 9.78 Å². The summed E-state index contributed by atoms with van der Waals surface area (Å²) in [6.07, 6.45) is 4.41. The molecule has 1 unspecified atom stereocenters. The number of likely N-dealkylation sites (tertiary alicyclic amines) is 1. The van der Waals surface area contributed by atoms with E-state index in [0.717, 1.165) is 12.1 Å². The van der Waals surface area contributed by atoms with Crippen molar-refractivity contribution in [2.75, 3.05) is 19.7 Å². The van der Waals surface area contributed by atoms with E-state index in [1.807, 2.05) is 28.8 Å². The second-order valence-electron chi connectivity index (χ2n) is 5.24. The van der Waals surface area contributed by atoms with E-state index in [0.29, 0.717) is 32.0 Å². The van der Waals surface area contributed by atoms with Gasteiger partial charge < -0.3 is 9.64 Å². The summed E-state index contributed by atoms with van der Waals surface area (Å²) in [5.41, 5.74) is 1.30. The highest BCUT2D eigenvalue weighted by Gasteiger charge is 2.29. The molecule has 3 heterocycles. The molecule has 1 fully saturated rings. The largest absolute Gasteiger partial charge is 0.375 e. The molecule has 7 heteroatoms. The first-order chi connectivity index (χ1) is 10.8. The van der Waals surface area contributed by atoms with Gasteiger partial charge in [-0.25, -0.2) is 4.68 Å². The molecule has 0 bridgehead atoms. The first-order valence-corrected chi connectivity index (χ1v) is 7.46. The summed E-state index contributed by atoms with van der Waals surface area (Å²) in [4.78, 5) is 18.3. The molecule has 7 nitrogen and oxygen atoms in total. The molecule has 1 saturated heterocycles. The summed E-state index contributed by atoms with van der Waals surface area (Å²) in [5.74, 6) is -0.0299. The fourth-order valence-corrected chi connectivity index (χ4v) is 2.56. The second kappa shape index (κ2) is 6.65. The van der Waals surface area contributed by atoms with Crippen LogP contribution in [0.3, 0.4) is 0 Å². The predicted molar refractivity (Wildman–Crippen MR) is 79.1 cm³/mol. The molecule has 0 spiro atoms. The first kappa shape index (κ1) is 14.6. The maximum absolute atomic E-state index is 12.4. The molecule has 1 aliphatic rings. The highest BCUT2D eigenvalue weighted by molar-refractivity contribution is 5.92. The zero-order chi connectivity index (χ0) is 15.4. The standard InChI is InChI=1S/C15H19N5O2/c1-2-22-11-12-9-20(18-17-12)13-6-8-19(10-13)15(21)14-5-3-4-7-16-14/h3-5,7,9,13H,2,6,8,10-11H2,1H3. The summed E-state index contributed by atoms with van der Waals surface area (Å²) in [7, 11) is 0. The molecule has 0 aromatic carbocycles. The number of rotatable bonds is 5. The fraction of sp³-hybridized carbons (Fsp3) is 0.467. The van der Waals surface area contributed by atoms with Crippen molar-refractivity contribution in [2.24, 2.45) is 0 Å². The van der Waals surface area contributed by atoms with Gasteiger partial charge in [0.15, 0.2) is 0 Å². The van der Waals surface area contributed by atoms with Crippen LogP contribution in [0.2, 0.25) is 0 Å². The maximum Gasteiger partial charge on any atom is 0.272 e. The van der Waals surface area contributed by atoms with Gasteiger partial charge in [0, 0.05) is 25.9 Å². The molecule has 1 atom stereocenters. The van der Waals surface area contributed by atoms with Crippen LogP contribution in [0, 0.1) is 0 Å². The Kier molecular flexibility index (Phi) is 4.43. The van der Waals surface area contributed by atoms with Crippen LogP contribution in [0.1, 0.15) is 35.6 Å². The predicted octanol–water partition coefficient (Wildman–Crippen LogP) is 1.30. The van der Waals surface area contributed by atoms with Crippen molar-refractivity contribution < 1.29 is 9.53 Å². The lowest BCUT2D eigenvalue weighted by Gasteiger charge is -2.15. The summed E-state index contributed by atoms with van der Waals surface area (Å²) in [6, 6.07) is 5.53. The lowest BCUT2D eigenvalue weighted by atomic mass is 10.3. The van der Waals surface area contributed by atoms with Crippen molar-refractivity contribution in [3.8, 4) is 0 Å². The topological polar surface area (TPSA) is 73.1 Å². The minimum absolute atomic E-state index is 0.0299. The molecule has 3 rings (SSSR count). The Morgan fingerprint density at radius 3 is 3.14 bits per heavy atom. The number of nitrogens with zero attached hydrogens (tertiary/aromatic N) is 5. The van der Waals surface area contributed by atoms with Gasteiger partial charge in [0.2, 0.25) is 0 Å². The number of hydrogen-bond donors (Lipinski definition) is 0. The quantitative estimate of drug-likeness (QED) is 0.832. The van der Waals surface area contributed by atoms with E-state index >= 15 is 0 Å². The van der Waals surface area contributed by atoms with Gasteiger partial charge in [-0.05, 0) is 25.5 Å². The van der Waals surface area contributed by atoms with Gasteiger partial charge in [0.1, 0.15) is 11.4 Å².